The van der Waals surface area contributed by atoms with Gasteiger partial charge in [-0.25, -0.2) is 9.97 Å². The number of nitrogens with two attached hydrogens (primary N) is 1. The molecule has 1 saturated heterocycles. The summed E-state index contributed by atoms with van der Waals surface area (Å²) in [5.74, 6) is 0. The molecule has 0 saturated carbocycles. The molecule has 1 aliphatic rings. The van der Waals surface area contributed by atoms with Crippen molar-refractivity contribution in [1.29, 1.82) is 0 Å². The van der Waals surface area contributed by atoms with Crippen LogP contribution >= 0.6 is 11.6 Å². The molecule has 6 heteroatoms. The molecule has 1 aromatic carbocycles. The number of anilines is 1. The number of benzene rings is 1. The zero-order chi connectivity index (χ0) is 14.4. The summed E-state index contributed by atoms with van der Waals surface area (Å²) < 4.78 is 7.41. The minimum atomic E-state index is 0.306. The molecule has 1 aliphatic heterocycles. The van der Waals surface area contributed by atoms with E-state index >= 15 is 0 Å². The van der Waals surface area contributed by atoms with Gasteiger partial charge in [0.05, 0.1) is 24.6 Å². The summed E-state index contributed by atoms with van der Waals surface area (Å²) in [4.78, 5) is 8.51. The van der Waals surface area contributed by atoms with E-state index in [1.165, 1.54) is 6.33 Å². The molecule has 0 atom stereocenters. The monoisotopic (exact) mass is 300 g/mol. The van der Waals surface area contributed by atoms with Crippen LogP contribution in [-0.4, -0.2) is 27.7 Å². The van der Waals surface area contributed by atoms with E-state index in [2.05, 4.69) is 20.7 Å². The van der Waals surface area contributed by atoms with Gasteiger partial charge in [-0.2, -0.15) is 0 Å². The van der Waals surface area contributed by atoms with E-state index in [4.69, 9.17) is 22.1 Å². The van der Waals surface area contributed by atoms with Crippen LogP contribution in [0.25, 0.3) is 22.2 Å². The average molecular weight is 301 g/mol. The molecular formula is C15H13ClN4O. The quantitative estimate of drug-likeness (QED) is 0.584. The molecular weight excluding hydrogens is 288 g/mol. The molecule has 3 aromatic rings. The Hall–Kier alpha value is -2.11. The topological polar surface area (TPSA) is 66.0 Å². The number of aromatic nitrogens is 3. The number of hydrogen-bond acceptors (Lipinski definition) is 4. The Morgan fingerprint density at radius 3 is 2.62 bits per heavy atom. The van der Waals surface area contributed by atoms with Gasteiger partial charge in [0.25, 0.3) is 0 Å². The van der Waals surface area contributed by atoms with E-state index < -0.39 is 0 Å². The van der Waals surface area contributed by atoms with Crippen LogP contribution in [0.2, 0.25) is 5.15 Å². The van der Waals surface area contributed by atoms with Gasteiger partial charge < -0.3 is 15.0 Å². The van der Waals surface area contributed by atoms with Gasteiger partial charge in [-0.1, -0.05) is 23.7 Å². The van der Waals surface area contributed by atoms with Crippen LogP contribution in [0.15, 0.2) is 36.8 Å². The van der Waals surface area contributed by atoms with Gasteiger partial charge >= 0.3 is 0 Å². The molecule has 0 unspecified atom stereocenters. The molecule has 3 heterocycles. The normalized spacial score (nSPS) is 15.3. The molecule has 0 aliphatic carbocycles. The van der Waals surface area contributed by atoms with E-state index in [0.29, 0.717) is 24.4 Å². The number of halogens is 1. The fourth-order valence-electron chi connectivity index (χ4n) is 2.59. The molecule has 0 bridgehead atoms. The first-order chi connectivity index (χ1) is 10.2. The van der Waals surface area contributed by atoms with Gasteiger partial charge in [0.15, 0.2) is 0 Å². The SMILES string of the molecule is Nc1ccc(-c2cn(C3COC3)c3ncnc(Cl)c23)cc1. The van der Waals surface area contributed by atoms with Gasteiger partial charge in [0.2, 0.25) is 0 Å². The van der Waals surface area contributed by atoms with Crippen LogP contribution in [0.3, 0.4) is 0 Å². The Bertz CT molecular complexity index is 808. The second-order valence-corrected chi connectivity index (χ2v) is 5.48. The van der Waals surface area contributed by atoms with Crippen molar-refractivity contribution in [3.8, 4) is 11.1 Å². The molecule has 1 fully saturated rings. The third kappa shape index (κ3) is 1.97. The lowest BCUT2D eigenvalue weighted by Gasteiger charge is -2.27. The van der Waals surface area contributed by atoms with E-state index in [9.17, 15) is 0 Å². The lowest BCUT2D eigenvalue weighted by Crippen LogP contribution is -2.30. The first-order valence-electron chi connectivity index (χ1n) is 6.69. The summed E-state index contributed by atoms with van der Waals surface area (Å²) in [6.45, 7) is 1.40. The van der Waals surface area contributed by atoms with E-state index in [1.807, 2.05) is 24.3 Å². The molecule has 0 radical (unpaired) electrons. The van der Waals surface area contributed by atoms with Gasteiger partial charge in [-0.15, -0.1) is 0 Å². The zero-order valence-electron chi connectivity index (χ0n) is 11.2. The predicted octanol–water partition coefficient (Wildman–Crippen LogP) is 2.91. The van der Waals surface area contributed by atoms with Crippen molar-refractivity contribution in [2.75, 3.05) is 18.9 Å². The van der Waals surface area contributed by atoms with E-state index in [1.54, 1.807) is 0 Å². The lowest BCUT2D eigenvalue weighted by atomic mass is 10.1. The fourth-order valence-corrected chi connectivity index (χ4v) is 2.82. The van der Waals surface area contributed by atoms with Gasteiger partial charge in [-0.3, -0.25) is 0 Å². The molecule has 21 heavy (non-hydrogen) atoms. The Labute approximate surface area is 126 Å². The Kier molecular flexibility index (Phi) is 2.83. The molecule has 106 valence electrons. The van der Waals surface area contributed by atoms with Gasteiger partial charge in [0.1, 0.15) is 17.1 Å². The summed E-state index contributed by atoms with van der Waals surface area (Å²) in [5, 5.41) is 1.33. The molecule has 5 nitrogen and oxygen atoms in total. The molecule has 4 rings (SSSR count). The van der Waals surface area contributed by atoms with Crippen molar-refractivity contribution >= 4 is 28.3 Å². The van der Waals surface area contributed by atoms with Crippen molar-refractivity contribution in [3.05, 3.63) is 41.9 Å². The largest absolute Gasteiger partial charge is 0.399 e. The summed E-state index contributed by atoms with van der Waals surface area (Å²) in [6, 6.07) is 8.02. The van der Waals surface area contributed by atoms with E-state index in [-0.39, 0.29) is 0 Å². The maximum absolute atomic E-state index is 6.30. The smallest absolute Gasteiger partial charge is 0.145 e. The zero-order valence-corrected chi connectivity index (χ0v) is 11.9. The number of hydrogen-bond donors (Lipinski definition) is 1. The van der Waals surface area contributed by atoms with Crippen molar-refractivity contribution in [3.63, 3.8) is 0 Å². The third-order valence-corrected chi connectivity index (χ3v) is 4.09. The van der Waals surface area contributed by atoms with Gasteiger partial charge in [-0.05, 0) is 17.7 Å². The highest BCUT2D eigenvalue weighted by atomic mass is 35.5. The summed E-state index contributed by atoms with van der Waals surface area (Å²) in [7, 11) is 0. The summed E-state index contributed by atoms with van der Waals surface area (Å²) in [6.07, 6.45) is 3.57. The number of nitrogen functional groups attached to an aromatic ring is 1. The molecule has 0 amide bonds. The highest BCUT2D eigenvalue weighted by molar-refractivity contribution is 6.35. The highest BCUT2D eigenvalue weighted by Gasteiger charge is 2.25. The fraction of sp³-hybridized carbons (Fsp3) is 0.200. The van der Waals surface area contributed by atoms with E-state index in [0.717, 1.165) is 27.8 Å². The van der Waals surface area contributed by atoms with Crippen LogP contribution in [0.1, 0.15) is 6.04 Å². The Morgan fingerprint density at radius 2 is 1.95 bits per heavy atom. The van der Waals surface area contributed by atoms with Gasteiger partial charge in [0, 0.05) is 17.4 Å². The summed E-state index contributed by atoms with van der Waals surface area (Å²) in [5.41, 5.74) is 9.40. The number of fused-ring (bicyclic) bond motifs is 1. The van der Waals surface area contributed by atoms with Crippen molar-refractivity contribution in [2.24, 2.45) is 0 Å². The average Bonchev–Trinajstić information content (AvgIpc) is 2.79. The van der Waals surface area contributed by atoms with Crippen LogP contribution in [0, 0.1) is 0 Å². The minimum absolute atomic E-state index is 0.306. The maximum Gasteiger partial charge on any atom is 0.145 e. The Morgan fingerprint density at radius 1 is 1.19 bits per heavy atom. The van der Waals surface area contributed by atoms with Crippen LogP contribution in [0.5, 0.6) is 0 Å². The third-order valence-electron chi connectivity index (χ3n) is 3.80. The van der Waals surface area contributed by atoms with Crippen LogP contribution in [0.4, 0.5) is 5.69 Å². The first-order valence-corrected chi connectivity index (χ1v) is 7.06. The highest BCUT2D eigenvalue weighted by Crippen LogP contribution is 2.36. The van der Waals surface area contributed by atoms with Crippen LogP contribution in [-0.2, 0) is 4.74 Å². The number of ether oxygens (including phenoxy) is 1. The lowest BCUT2D eigenvalue weighted by molar-refractivity contribution is -0.0215. The standard InChI is InChI=1S/C15H13ClN4O/c16-14-13-12(9-1-3-10(17)4-2-9)5-20(11-6-21-7-11)15(13)19-8-18-14/h1-5,8,11H,6-7,17H2. The first kappa shape index (κ1) is 12.6. The van der Waals surface area contributed by atoms with Crippen molar-refractivity contribution < 1.29 is 4.74 Å². The second kappa shape index (κ2) is 4.72. The second-order valence-electron chi connectivity index (χ2n) is 5.13. The molecule has 0 spiro atoms. The molecule has 2 aromatic heterocycles. The number of nitrogens with zero attached hydrogens (tertiary/aromatic N) is 3. The molecule has 2 N–H and O–H groups in total. The summed E-state index contributed by atoms with van der Waals surface area (Å²) >= 11 is 6.30. The number of rotatable bonds is 2. The van der Waals surface area contributed by atoms with Crippen LogP contribution < -0.4 is 5.73 Å². The minimum Gasteiger partial charge on any atom is -0.399 e. The predicted molar refractivity (Wildman–Crippen MR) is 82.2 cm³/mol. The van der Waals surface area contributed by atoms with Crippen molar-refractivity contribution in [2.45, 2.75) is 6.04 Å². The maximum atomic E-state index is 6.30. The Balaban J connectivity index is 1.97. The van der Waals surface area contributed by atoms with Crippen molar-refractivity contribution in [1.82, 2.24) is 14.5 Å².